The lowest BCUT2D eigenvalue weighted by Crippen LogP contribution is -2.30. The van der Waals surface area contributed by atoms with E-state index in [4.69, 9.17) is 9.47 Å². The average molecular weight is 341 g/mol. The van der Waals surface area contributed by atoms with Crippen molar-refractivity contribution in [3.05, 3.63) is 65.7 Å². The summed E-state index contributed by atoms with van der Waals surface area (Å²) < 4.78 is 10.6. The Bertz CT molecular complexity index is 668. The number of rotatable bonds is 9. The number of carbonyl (C=O) groups is 2. The molecule has 0 aliphatic rings. The predicted molar refractivity (Wildman–Crippen MR) is 95.4 cm³/mol. The van der Waals surface area contributed by atoms with Crippen LogP contribution in [-0.2, 0) is 16.1 Å². The molecule has 2 aromatic rings. The van der Waals surface area contributed by atoms with Crippen molar-refractivity contribution >= 4 is 11.9 Å². The van der Waals surface area contributed by atoms with Gasteiger partial charge in [-0.1, -0.05) is 43.7 Å². The van der Waals surface area contributed by atoms with Crippen LogP contribution >= 0.6 is 0 Å². The van der Waals surface area contributed by atoms with Crippen molar-refractivity contribution in [2.45, 2.75) is 26.4 Å². The molecule has 2 rings (SSSR count). The number of hydrogen-bond donors (Lipinski definition) is 1. The Balaban J connectivity index is 1.76. The molecule has 5 nitrogen and oxygen atoms in total. The Labute approximate surface area is 148 Å². The maximum atomic E-state index is 12.0. The van der Waals surface area contributed by atoms with E-state index in [1.165, 1.54) is 0 Å². The third-order valence-corrected chi connectivity index (χ3v) is 3.52. The molecule has 1 amide bonds. The quantitative estimate of drug-likeness (QED) is 0.561. The van der Waals surface area contributed by atoms with Crippen LogP contribution in [0, 0.1) is 0 Å². The molecular weight excluding hydrogens is 318 g/mol. The van der Waals surface area contributed by atoms with Gasteiger partial charge in [-0.15, -0.1) is 0 Å². The lowest BCUT2D eigenvalue weighted by molar-refractivity contribution is -0.142. The van der Waals surface area contributed by atoms with Crippen LogP contribution in [0.2, 0.25) is 0 Å². The molecule has 0 aromatic heterocycles. The number of ether oxygens (including phenoxy) is 2. The summed E-state index contributed by atoms with van der Waals surface area (Å²) in [4.78, 5) is 23.5. The highest BCUT2D eigenvalue weighted by molar-refractivity contribution is 5.95. The van der Waals surface area contributed by atoms with E-state index in [0.29, 0.717) is 18.8 Å². The molecule has 0 atom stereocenters. The molecule has 0 saturated heterocycles. The molecule has 0 spiro atoms. The lowest BCUT2D eigenvalue weighted by Gasteiger charge is -2.08. The molecule has 5 heteroatoms. The monoisotopic (exact) mass is 341 g/mol. The van der Waals surface area contributed by atoms with Gasteiger partial charge in [-0.05, 0) is 36.2 Å². The summed E-state index contributed by atoms with van der Waals surface area (Å²) in [6, 6.07) is 16.6. The van der Waals surface area contributed by atoms with Gasteiger partial charge in [0.15, 0.2) is 0 Å². The number of amides is 1. The number of nitrogens with one attached hydrogen (secondary N) is 1. The molecule has 0 radical (unpaired) electrons. The Kier molecular flexibility index (Phi) is 7.50. The molecule has 132 valence electrons. The first-order valence-electron chi connectivity index (χ1n) is 8.39. The van der Waals surface area contributed by atoms with Gasteiger partial charge in [0.05, 0.1) is 6.61 Å². The van der Waals surface area contributed by atoms with Crippen LogP contribution in [0.25, 0.3) is 0 Å². The molecule has 0 unspecified atom stereocenters. The summed E-state index contributed by atoms with van der Waals surface area (Å²) in [5.41, 5.74) is 1.45. The van der Waals surface area contributed by atoms with Crippen LogP contribution in [0.15, 0.2) is 54.6 Å². The number of para-hydroxylation sites is 1. The number of carbonyl (C=O) groups excluding carboxylic acids is 2. The molecule has 1 N–H and O–H groups in total. The van der Waals surface area contributed by atoms with Crippen molar-refractivity contribution in [3.63, 3.8) is 0 Å². The minimum atomic E-state index is -0.422. The fourth-order valence-electron chi connectivity index (χ4n) is 2.07. The van der Waals surface area contributed by atoms with E-state index in [1.807, 2.05) is 49.4 Å². The van der Waals surface area contributed by atoms with Gasteiger partial charge < -0.3 is 14.8 Å². The van der Waals surface area contributed by atoms with Crippen molar-refractivity contribution in [3.8, 4) is 5.75 Å². The van der Waals surface area contributed by atoms with E-state index in [9.17, 15) is 9.59 Å². The molecular formula is C20H23NO4. The van der Waals surface area contributed by atoms with Gasteiger partial charge in [-0.3, -0.25) is 9.59 Å². The largest absolute Gasteiger partial charge is 0.489 e. The van der Waals surface area contributed by atoms with Crippen LogP contribution in [-0.4, -0.2) is 25.0 Å². The van der Waals surface area contributed by atoms with Gasteiger partial charge in [0.2, 0.25) is 0 Å². The first-order valence-corrected chi connectivity index (χ1v) is 8.39. The minimum Gasteiger partial charge on any atom is -0.489 e. The molecule has 0 fully saturated rings. The first-order chi connectivity index (χ1) is 12.2. The van der Waals surface area contributed by atoms with E-state index < -0.39 is 5.97 Å². The predicted octanol–water partition coefficient (Wildman–Crippen LogP) is 3.34. The normalized spacial score (nSPS) is 10.1. The second-order valence-electron chi connectivity index (χ2n) is 5.56. The number of unbranched alkanes of at least 4 members (excludes halogenated alkanes) is 1. The van der Waals surface area contributed by atoms with Crippen molar-refractivity contribution in [1.29, 1.82) is 0 Å². The maximum Gasteiger partial charge on any atom is 0.325 e. The fraction of sp³-hybridized carbons (Fsp3) is 0.300. The second-order valence-corrected chi connectivity index (χ2v) is 5.56. The van der Waals surface area contributed by atoms with Crippen LogP contribution in [0.1, 0.15) is 35.7 Å². The third kappa shape index (κ3) is 6.67. The summed E-state index contributed by atoms with van der Waals surface area (Å²) in [7, 11) is 0. The summed E-state index contributed by atoms with van der Waals surface area (Å²) in [6.45, 7) is 2.71. The summed E-state index contributed by atoms with van der Waals surface area (Å²) >= 11 is 0. The molecule has 2 aromatic carbocycles. The molecule has 25 heavy (non-hydrogen) atoms. The SMILES string of the molecule is CCCCOC(=O)CNC(=O)c1ccc(COc2ccccc2)cc1. The van der Waals surface area contributed by atoms with Crippen LogP contribution in [0.4, 0.5) is 0 Å². The minimum absolute atomic E-state index is 0.124. The van der Waals surface area contributed by atoms with Gasteiger partial charge in [-0.2, -0.15) is 0 Å². The molecule has 0 aliphatic carbocycles. The van der Waals surface area contributed by atoms with E-state index >= 15 is 0 Å². The topological polar surface area (TPSA) is 64.6 Å². The summed E-state index contributed by atoms with van der Waals surface area (Å²) in [5.74, 6) is 0.0727. The zero-order valence-corrected chi connectivity index (χ0v) is 14.4. The maximum absolute atomic E-state index is 12.0. The molecule has 0 bridgehead atoms. The van der Waals surface area contributed by atoms with Crippen LogP contribution < -0.4 is 10.1 Å². The van der Waals surface area contributed by atoms with E-state index in [2.05, 4.69) is 5.32 Å². The van der Waals surface area contributed by atoms with E-state index in [1.54, 1.807) is 12.1 Å². The van der Waals surface area contributed by atoms with E-state index in [-0.39, 0.29) is 12.5 Å². The van der Waals surface area contributed by atoms with Gasteiger partial charge in [0.25, 0.3) is 5.91 Å². The van der Waals surface area contributed by atoms with Gasteiger partial charge >= 0.3 is 5.97 Å². The zero-order chi connectivity index (χ0) is 17.9. The molecule has 0 heterocycles. The van der Waals surface area contributed by atoms with Crippen molar-refractivity contribution in [2.24, 2.45) is 0 Å². The van der Waals surface area contributed by atoms with E-state index in [0.717, 1.165) is 24.2 Å². The van der Waals surface area contributed by atoms with Gasteiger partial charge in [0.1, 0.15) is 18.9 Å². The highest BCUT2D eigenvalue weighted by Gasteiger charge is 2.09. The second kappa shape index (κ2) is 10.1. The zero-order valence-electron chi connectivity index (χ0n) is 14.4. The molecule has 0 saturated carbocycles. The van der Waals surface area contributed by atoms with Crippen molar-refractivity contribution in [1.82, 2.24) is 5.32 Å². The number of esters is 1. The Hall–Kier alpha value is -2.82. The Morgan fingerprint density at radius 2 is 1.72 bits per heavy atom. The first kappa shape index (κ1) is 18.5. The van der Waals surface area contributed by atoms with Crippen molar-refractivity contribution < 1.29 is 19.1 Å². The number of hydrogen-bond acceptors (Lipinski definition) is 4. The Morgan fingerprint density at radius 1 is 1.00 bits per heavy atom. The summed E-state index contributed by atoms with van der Waals surface area (Å²) in [6.07, 6.45) is 1.78. The lowest BCUT2D eigenvalue weighted by atomic mass is 10.1. The van der Waals surface area contributed by atoms with Gasteiger partial charge in [0, 0.05) is 5.56 Å². The Morgan fingerprint density at radius 3 is 2.40 bits per heavy atom. The highest BCUT2D eigenvalue weighted by Crippen LogP contribution is 2.12. The highest BCUT2D eigenvalue weighted by atomic mass is 16.5. The fourth-order valence-corrected chi connectivity index (χ4v) is 2.07. The van der Waals surface area contributed by atoms with Crippen LogP contribution in [0.3, 0.4) is 0 Å². The van der Waals surface area contributed by atoms with Crippen LogP contribution in [0.5, 0.6) is 5.75 Å². The third-order valence-electron chi connectivity index (χ3n) is 3.52. The molecule has 0 aliphatic heterocycles. The summed E-state index contributed by atoms with van der Waals surface area (Å²) in [5, 5.41) is 2.56. The van der Waals surface area contributed by atoms with Gasteiger partial charge in [-0.25, -0.2) is 0 Å². The average Bonchev–Trinajstić information content (AvgIpc) is 2.66. The standard InChI is InChI=1S/C20H23NO4/c1-2-3-13-24-19(22)14-21-20(23)17-11-9-16(10-12-17)15-25-18-7-5-4-6-8-18/h4-12H,2-3,13-15H2,1H3,(H,21,23). The number of benzene rings is 2. The smallest absolute Gasteiger partial charge is 0.325 e. The van der Waals surface area contributed by atoms with Crippen molar-refractivity contribution in [2.75, 3.05) is 13.2 Å².